The van der Waals surface area contributed by atoms with Gasteiger partial charge in [-0.1, -0.05) is 15.9 Å². The van der Waals surface area contributed by atoms with Gasteiger partial charge in [0.15, 0.2) is 0 Å². The minimum atomic E-state index is 0.140. The summed E-state index contributed by atoms with van der Waals surface area (Å²) in [6.45, 7) is 5.33. The third-order valence-electron chi connectivity index (χ3n) is 2.18. The summed E-state index contributed by atoms with van der Waals surface area (Å²) in [6, 6.07) is 6.24. The SMILES string of the molecule is CC1(C)CNc2cc(Br)ccc2N1. The van der Waals surface area contributed by atoms with Crippen molar-refractivity contribution >= 4 is 27.3 Å². The van der Waals surface area contributed by atoms with E-state index in [9.17, 15) is 0 Å². The highest BCUT2D eigenvalue weighted by Crippen LogP contribution is 2.31. The summed E-state index contributed by atoms with van der Waals surface area (Å²) in [5, 5.41) is 6.88. The molecule has 0 amide bonds. The monoisotopic (exact) mass is 240 g/mol. The molecule has 0 spiro atoms. The van der Waals surface area contributed by atoms with Gasteiger partial charge in [-0.3, -0.25) is 0 Å². The number of nitrogens with one attached hydrogen (secondary N) is 2. The van der Waals surface area contributed by atoms with Crippen LogP contribution in [0, 0.1) is 0 Å². The number of fused-ring (bicyclic) bond motifs is 1. The molecule has 1 aliphatic heterocycles. The number of hydrogen-bond donors (Lipinski definition) is 2. The third-order valence-corrected chi connectivity index (χ3v) is 2.67. The lowest BCUT2D eigenvalue weighted by Crippen LogP contribution is -2.42. The molecule has 1 aromatic carbocycles. The van der Waals surface area contributed by atoms with E-state index in [0.717, 1.165) is 11.0 Å². The molecule has 0 saturated heterocycles. The zero-order valence-corrected chi connectivity index (χ0v) is 9.40. The molecule has 0 saturated carbocycles. The number of benzene rings is 1. The van der Waals surface area contributed by atoms with Crippen LogP contribution >= 0.6 is 15.9 Å². The van der Waals surface area contributed by atoms with Crippen LogP contribution in [0.1, 0.15) is 13.8 Å². The number of hydrogen-bond acceptors (Lipinski definition) is 2. The van der Waals surface area contributed by atoms with E-state index >= 15 is 0 Å². The largest absolute Gasteiger partial charge is 0.381 e. The van der Waals surface area contributed by atoms with Crippen LogP contribution in [0.25, 0.3) is 0 Å². The summed E-state index contributed by atoms with van der Waals surface area (Å²) >= 11 is 3.45. The maximum atomic E-state index is 3.48. The summed E-state index contributed by atoms with van der Waals surface area (Å²) in [6.07, 6.45) is 0. The van der Waals surface area contributed by atoms with Crippen molar-refractivity contribution in [2.75, 3.05) is 17.2 Å². The zero-order valence-electron chi connectivity index (χ0n) is 7.82. The number of halogens is 1. The standard InChI is InChI=1S/C10H13BrN2/c1-10(2)6-12-9-5-7(11)3-4-8(9)13-10/h3-5,12-13H,6H2,1-2H3. The van der Waals surface area contributed by atoms with Crippen molar-refractivity contribution < 1.29 is 0 Å². The Morgan fingerprint density at radius 2 is 2.08 bits per heavy atom. The fourth-order valence-corrected chi connectivity index (χ4v) is 1.86. The maximum absolute atomic E-state index is 3.48. The van der Waals surface area contributed by atoms with Gasteiger partial charge in [0.1, 0.15) is 0 Å². The smallest absolute Gasteiger partial charge is 0.0588 e. The average Bonchev–Trinajstić information content (AvgIpc) is 2.05. The number of anilines is 2. The second-order valence-corrected chi connectivity index (χ2v) is 4.97. The second-order valence-electron chi connectivity index (χ2n) is 4.05. The summed E-state index contributed by atoms with van der Waals surface area (Å²) in [5.74, 6) is 0. The van der Waals surface area contributed by atoms with E-state index in [4.69, 9.17) is 0 Å². The predicted molar refractivity (Wildman–Crippen MR) is 60.3 cm³/mol. The van der Waals surface area contributed by atoms with Crippen molar-refractivity contribution in [3.63, 3.8) is 0 Å². The molecular formula is C10H13BrN2. The first-order chi connectivity index (χ1) is 6.07. The van der Waals surface area contributed by atoms with Gasteiger partial charge in [-0.25, -0.2) is 0 Å². The van der Waals surface area contributed by atoms with Crippen molar-refractivity contribution in [3.05, 3.63) is 22.7 Å². The highest BCUT2D eigenvalue weighted by Gasteiger charge is 2.23. The number of rotatable bonds is 0. The quantitative estimate of drug-likeness (QED) is 0.729. The van der Waals surface area contributed by atoms with E-state index in [1.54, 1.807) is 0 Å². The molecule has 2 rings (SSSR count). The molecule has 0 radical (unpaired) electrons. The van der Waals surface area contributed by atoms with Gasteiger partial charge in [0, 0.05) is 16.6 Å². The maximum Gasteiger partial charge on any atom is 0.0588 e. The van der Waals surface area contributed by atoms with E-state index in [1.807, 2.05) is 0 Å². The highest BCUT2D eigenvalue weighted by molar-refractivity contribution is 9.10. The zero-order chi connectivity index (χ0) is 9.47. The van der Waals surface area contributed by atoms with E-state index < -0.39 is 0 Å². The molecule has 0 fully saturated rings. The molecule has 2 nitrogen and oxygen atoms in total. The summed E-state index contributed by atoms with van der Waals surface area (Å²) in [5.41, 5.74) is 2.49. The lowest BCUT2D eigenvalue weighted by Gasteiger charge is -2.34. The molecule has 1 aromatic rings. The predicted octanol–water partition coefficient (Wildman–Crippen LogP) is 3.07. The lowest BCUT2D eigenvalue weighted by atomic mass is 10.0. The third kappa shape index (κ3) is 1.80. The van der Waals surface area contributed by atoms with Crippen LogP contribution in [0.5, 0.6) is 0 Å². The molecule has 2 N–H and O–H groups in total. The summed E-state index contributed by atoms with van der Waals surface area (Å²) in [4.78, 5) is 0. The van der Waals surface area contributed by atoms with Crippen LogP contribution in [0.2, 0.25) is 0 Å². The normalized spacial score (nSPS) is 18.4. The van der Waals surface area contributed by atoms with Gasteiger partial charge in [-0.15, -0.1) is 0 Å². The van der Waals surface area contributed by atoms with Crippen LogP contribution in [0.3, 0.4) is 0 Å². The Bertz CT molecular complexity index is 334. The molecule has 0 bridgehead atoms. The molecule has 0 unspecified atom stereocenters. The Morgan fingerprint density at radius 3 is 2.85 bits per heavy atom. The van der Waals surface area contributed by atoms with Gasteiger partial charge < -0.3 is 10.6 Å². The molecular weight excluding hydrogens is 228 g/mol. The Balaban J connectivity index is 2.37. The van der Waals surface area contributed by atoms with Crippen LogP contribution in [0.15, 0.2) is 22.7 Å². The molecule has 0 aromatic heterocycles. The molecule has 0 atom stereocenters. The van der Waals surface area contributed by atoms with Gasteiger partial charge >= 0.3 is 0 Å². The minimum absolute atomic E-state index is 0.140. The molecule has 1 heterocycles. The van der Waals surface area contributed by atoms with E-state index in [1.165, 1.54) is 11.4 Å². The average molecular weight is 241 g/mol. The first kappa shape index (κ1) is 8.88. The minimum Gasteiger partial charge on any atom is -0.381 e. The van der Waals surface area contributed by atoms with Crippen LogP contribution in [-0.2, 0) is 0 Å². The molecule has 3 heteroatoms. The van der Waals surface area contributed by atoms with Crippen molar-refractivity contribution in [2.45, 2.75) is 19.4 Å². The van der Waals surface area contributed by atoms with Gasteiger partial charge in [-0.05, 0) is 32.0 Å². The van der Waals surface area contributed by atoms with Gasteiger partial charge in [0.05, 0.1) is 11.4 Å². The van der Waals surface area contributed by atoms with Gasteiger partial charge in [0.2, 0.25) is 0 Å². The highest BCUT2D eigenvalue weighted by atomic mass is 79.9. The van der Waals surface area contributed by atoms with Crippen LogP contribution < -0.4 is 10.6 Å². The fraction of sp³-hybridized carbons (Fsp3) is 0.400. The summed E-state index contributed by atoms with van der Waals surface area (Å²) < 4.78 is 1.11. The van der Waals surface area contributed by atoms with Gasteiger partial charge in [-0.2, -0.15) is 0 Å². The Hall–Kier alpha value is -0.700. The van der Waals surface area contributed by atoms with E-state index in [-0.39, 0.29) is 5.54 Å². The lowest BCUT2D eigenvalue weighted by molar-refractivity contribution is 0.589. The topological polar surface area (TPSA) is 24.1 Å². The summed E-state index contributed by atoms with van der Waals surface area (Å²) in [7, 11) is 0. The molecule has 70 valence electrons. The fourth-order valence-electron chi connectivity index (χ4n) is 1.50. The molecule has 1 aliphatic rings. The van der Waals surface area contributed by atoms with Gasteiger partial charge in [0.25, 0.3) is 0 Å². The van der Waals surface area contributed by atoms with Crippen molar-refractivity contribution in [1.82, 2.24) is 0 Å². The van der Waals surface area contributed by atoms with Crippen molar-refractivity contribution in [2.24, 2.45) is 0 Å². The molecule has 13 heavy (non-hydrogen) atoms. The van der Waals surface area contributed by atoms with Crippen LogP contribution in [-0.4, -0.2) is 12.1 Å². The Morgan fingerprint density at radius 1 is 1.31 bits per heavy atom. The Kier molecular flexibility index (Phi) is 1.99. The van der Waals surface area contributed by atoms with Crippen molar-refractivity contribution in [3.8, 4) is 0 Å². The van der Waals surface area contributed by atoms with Crippen molar-refractivity contribution in [1.29, 1.82) is 0 Å². The van der Waals surface area contributed by atoms with E-state index in [2.05, 4.69) is 58.6 Å². The first-order valence-electron chi connectivity index (χ1n) is 4.38. The van der Waals surface area contributed by atoms with Crippen LogP contribution in [0.4, 0.5) is 11.4 Å². The Labute approximate surface area is 86.9 Å². The second kappa shape index (κ2) is 2.91. The first-order valence-corrected chi connectivity index (χ1v) is 5.18. The van der Waals surface area contributed by atoms with E-state index in [0.29, 0.717) is 0 Å². The molecule has 0 aliphatic carbocycles.